The molecule has 1 amide bonds. The van der Waals surface area contributed by atoms with Crippen LogP contribution in [-0.4, -0.2) is 48.1 Å². The first-order valence-electron chi connectivity index (χ1n) is 9.24. The summed E-state index contributed by atoms with van der Waals surface area (Å²) in [6, 6.07) is 12.2. The maximum atomic E-state index is 13.0. The summed E-state index contributed by atoms with van der Waals surface area (Å²) in [5.74, 6) is 0.407. The van der Waals surface area contributed by atoms with Gasteiger partial charge in [0, 0.05) is 41.8 Å². The standard InChI is InChI=1S/C21H23ClN2O3S/c1-2-23-20(25)19(14-3-5-15(6-4-14)21(26)27)17-13-16(22)7-8-18(17)24-9-11-28-12-10-24/h3-8,13,19H,2,9-12H2,1H3,(H,23,25)(H,26,27). The number of thioether (sulfide) groups is 1. The smallest absolute Gasteiger partial charge is 0.335 e. The van der Waals surface area contributed by atoms with E-state index in [-0.39, 0.29) is 11.5 Å². The highest BCUT2D eigenvalue weighted by Crippen LogP contribution is 2.36. The molecule has 0 aliphatic carbocycles. The van der Waals surface area contributed by atoms with Crippen LogP contribution in [0.3, 0.4) is 0 Å². The lowest BCUT2D eigenvalue weighted by Crippen LogP contribution is -2.35. The highest BCUT2D eigenvalue weighted by molar-refractivity contribution is 7.99. The average Bonchev–Trinajstić information content (AvgIpc) is 2.70. The summed E-state index contributed by atoms with van der Waals surface area (Å²) in [6.45, 7) is 4.22. The van der Waals surface area contributed by atoms with E-state index in [1.54, 1.807) is 12.1 Å². The number of nitrogens with zero attached hydrogens (tertiary/aromatic N) is 1. The second kappa shape index (κ2) is 9.34. The summed E-state index contributed by atoms with van der Waals surface area (Å²) >= 11 is 8.23. The number of carboxylic acids is 1. The van der Waals surface area contributed by atoms with Gasteiger partial charge in [0.05, 0.1) is 11.5 Å². The number of rotatable bonds is 6. The number of anilines is 1. The minimum atomic E-state index is -0.990. The Morgan fingerprint density at radius 1 is 1.18 bits per heavy atom. The molecule has 7 heteroatoms. The molecule has 3 rings (SSSR count). The number of hydrogen-bond donors (Lipinski definition) is 2. The van der Waals surface area contributed by atoms with Crippen LogP contribution >= 0.6 is 23.4 Å². The Balaban J connectivity index is 2.08. The highest BCUT2D eigenvalue weighted by atomic mass is 35.5. The van der Waals surface area contributed by atoms with Gasteiger partial charge in [0.15, 0.2) is 0 Å². The van der Waals surface area contributed by atoms with Gasteiger partial charge in [-0.15, -0.1) is 0 Å². The number of carbonyl (C=O) groups is 2. The zero-order valence-corrected chi connectivity index (χ0v) is 17.2. The van der Waals surface area contributed by atoms with Crippen molar-refractivity contribution < 1.29 is 14.7 Å². The van der Waals surface area contributed by atoms with Crippen LogP contribution in [-0.2, 0) is 4.79 Å². The van der Waals surface area contributed by atoms with Crippen molar-refractivity contribution in [3.63, 3.8) is 0 Å². The molecule has 1 fully saturated rings. The van der Waals surface area contributed by atoms with Crippen LogP contribution < -0.4 is 10.2 Å². The van der Waals surface area contributed by atoms with Gasteiger partial charge in [0.2, 0.25) is 5.91 Å². The Bertz CT molecular complexity index is 851. The molecule has 1 unspecified atom stereocenters. The number of nitrogens with one attached hydrogen (secondary N) is 1. The van der Waals surface area contributed by atoms with E-state index < -0.39 is 11.9 Å². The van der Waals surface area contributed by atoms with E-state index >= 15 is 0 Å². The minimum Gasteiger partial charge on any atom is -0.478 e. The van der Waals surface area contributed by atoms with Gasteiger partial charge in [0.1, 0.15) is 0 Å². The lowest BCUT2D eigenvalue weighted by Gasteiger charge is -2.32. The second-order valence-corrected chi connectivity index (χ2v) is 8.22. The van der Waals surface area contributed by atoms with E-state index in [0.29, 0.717) is 11.6 Å². The molecule has 1 heterocycles. The quantitative estimate of drug-likeness (QED) is 0.745. The number of likely N-dealkylation sites (N-methyl/N-ethyl adjacent to an activating group) is 1. The SMILES string of the molecule is CCNC(=O)C(c1ccc(C(=O)O)cc1)c1cc(Cl)ccc1N1CCSCC1. The van der Waals surface area contributed by atoms with E-state index in [9.17, 15) is 14.7 Å². The van der Waals surface area contributed by atoms with Gasteiger partial charge in [-0.05, 0) is 48.4 Å². The second-order valence-electron chi connectivity index (χ2n) is 6.56. The first-order valence-corrected chi connectivity index (χ1v) is 10.8. The van der Waals surface area contributed by atoms with E-state index in [2.05, 4.69) is 10.2 Å². The van der Waals surface area contributed by atoms with Crippen LogP contribution in [0.2, 0.25) is 5.02 Å². The molecule has 2 N–H and O–H groups in total. The van der Waals surface area contributed by atoms with Crippen molar-refractivity contribution in [3.05, 3.63) is 64.2 Å². The molecular weight excluding hydrogens is 396 g/mol. The number of carboxylic acid groups (broad SMARTS) is 1. The van der Waals surface area contributed by atoms with E-state index in [0.717, 1.165) is 41.4 Å². The minimum absolute atomic E-state index is 0.125. The molecule has 148 valence electrons. The molecule has 2 aromatic rings. The number of halogens is 1. The van der Waals surface area contributed by atoms with Crippen molar-refractivity contribution in [2.24, 2.45) is 0 Å². The average molecular weight is 419 g/mol. The van der Waals surface area contributed by atoms with Crippen LogP contribution in [0.25, 0.3) is 0 Å². The molecule has 0 saturated carbocycles. The number of benzene rings is 2. The van der Waals surface area contributed by atoms with E-state index in [1.165, 1.54) is 12.1 Å². The van der Waals surface area contributed by atoms with Gasteiger partial charge in [-0.25, -0.2) is 4.79 Å². The van der Waals surface area contributed by atoms with Crippen molar-refractivity contribution in [1.82, 2.24) is 5.32 Å². The third kappa shape index (κ3) is 4.62. The van der Waals surface area contributed by atoms with Crippen LogP contribution in [0.5, 0.6) is 0 Å². The summed E-state index contributed by atoms with van der Waals surface area (Å²) in [7, 11) is 0. The predicted molar refractivity (Wildman–Crippen MR) is 115 cm³/mol. The van der Waals surface area contributed by atoms with Gasteiger partial charge in [-0.1, -0.05) is 23.7 Å². The molecule has 2 aromatic carbocycles. The van der Waals surface area contributed by atoms with Crippen LogP contribution in [0.15, 0.2) is 42.5 Å². The predicted octanol–water partition coefficient (Wildman–Crippen LogP) is 3.86. The molecule has 0 bridgehead atoms. The number of aromatic carboxylic acids is 1. The maximum Gasteiger partial charge on any atom is 0.335 e. The normalized spacial score (nSPS) is 15.1. The van der Waals surface area contributed by atoms with E-state index in [4.69, 9.17) is 11.6 Å². The largest absolute Gasteiger partial charge is 0.478 e. The summed E-state index contributed by atoms with van der Waals surface area (Å²) in [6.07, 6.45) is 0. The molecule has 1 saturated heterocycles. The van der Waals surface area contributed by atoms with Crippen molar-refractivity contribution in [2.75, 3.05) is 36.0 Å². The summed E-state index contributed by atoms with van der Waals surface area (Å²) in [5.41, 5.74) is 2.78. The molecule has 1 aliphatic rings. The Kier molecular flexibility index (Phi) is 6.86. The Hall–Kier alpha value is -2.18. The molecule has 5 nitrogen and oxygen atoms in total. The van der Waals surface area contributed by atoms with Crippen molar-refractivity contribution >= 4 is 40.9 Å². The fraction of sp³-hybridized carbons (Fsp3) is 0.333. The lowest BCUT2D eigenvalue weighted by atomic mass is 9.88. The van der Waals surface area contributed by atoms with E-state index in [1.807, 2.05) is 36.9 Å². The molecular formula is C21H23ClN2O3S. The molecule has 1 aliphatic heterocycles. The Morgan fingerprint density at radius 3 is 2.46 bits per heavy atom. The fourth-order valence-corrected chi connectivity index (χ4v) is 4.50. The molecule has 0 spiro atoms. The van der Waals surface area contributed by atoms with Gasteiger partial charge >= 0.3 is 5.97 Å². The van der Waals surface area contributed by atoms with Crippen molar-refractivity contribution in [1.29, 1.82) is 0 Å². The number of amides is 1. The maximum absolute atomic E-state index is 13.0. The summed E-state index contributed by atoms with van der Waals surface area (Å²) < 4.78 is 0. The van der Waals surface area contributed by atoms with Gasteiger partial charge in [0.25, 0.3) is 0 Å². The zero-order chi connectivity index (χ0) is 20.1. The fourth-order valence-electron chi connectivity index (χ4n) is 3.42. The van der Waals surface area contributed by atoms with Crippen molar-refractivity contribution in [2.45, 2.75) is 12.8 Å². The van der Waals surface area contributed by atoms with Gasteiger partial charge in [-0.2, -0.15) is 11.8 Å². The molecule has 0 aromatic heterocycles. The summed E-state index contributed by atoms with van der Waals surface area (Å²) in [4.78, 5) is 26.5. The third-order valence-electron chi connectivity index (χ3n) is 4.76. The topological polar surface area (TPSA) is 69.6 Å². The third-order valence-corrected chi connectivity index (χ3v) is 5.93. The highest BCUT2D eigenvalue weighted by Gasteiger charge is 2.28. The first kappa shape index (κ1) is 20.6. The summed E-state index contributed by atoms with van der Waals surface area (Å²) in [5, 5.41) is 12.6. The van der Waals surface area contributed by atoms with Gasteiger partial charge < -0.3 is 15.3 Å². The monoisotopic (exact) mass is 418 g/mol. The van der Waals surface area contributed by atoms with Gasteiger partial charge in [-0.3, -0.25) is 4.79 Å². The number of carbonyl (C=O) groups excluding carboxylic acids is 1. The van der Waals surface area contributed by atoms with Crippen LogP contribution in [0, 0.1) is 0 Å². The Labute approximate surface area is 174 Å². The van der Waals surface area contributed by atoms with Crippen LogP contribution in [0.1, 0.15) is 34.3 Å². The Morgan fingerprint density at radius 2 is 1.86 bits per heavy atom. The number of hydrogen-bond acceptors (Lipinski definition) is 4. The first-order chi connectivity index (χ1) is 13.5. The molecule has 1 atom stereocenters. The molecule has 0 radical (unpaired) electrons. The zero-order valence-electron chi connectivity index (χ0n) is 15.7. The molecule has 28 heavy (non-hydrogen) atoms. The lowest BCUT2D eigenvalue weighted by molar-refractivity contribution is -0.121. The van der Waals surface area contributed by atoms with Crippen molar-refractivity contribution in [3.8, 4) is 0 Å². The van der Waals surface area contributed by atoms with Crippen LogP contribution in [0.4, 0.5) is 5.69 Å².